The average molecular weight is 251 g/mol. The van der Waals surface area contributed by atoms with Gasteiger partial charge < -0.3 is 10.2 Å². The van der Waals surface area contributed by atoms with Gasteiger partial charge in [0.2, 0.25) is 0 Å². The third-order valence-corrected chi connectivity index (χ3v) is 5.43. The number of hydrogen-bond donors (Lipinski definition) is 1. The lowest BCUT2D eigenvalue weighted by Gasteiger charge is -2.32. The molecule has 104 valence electrons. The standard InChI is InChI=1S/C15H29N3/c1-2-17-9-5-13(6-10-17)12-16-14-7-11-18-8-3-4-15(14)18/h13-16H,2-12H2,1H3. The maximum absolute atomic E-state index is 3.90. The van der Waals surface area contributed by atoms with Crippen molar-refractivity contribution in [3.8, 4) is 0 Å². The number of nitrogens with one attached hydrogen (secondary N) is 1. The van der Waals surface area contributed by atoms with Gasteiger partial charge in [-0.05, 0) is 70.7 Å². The van der Waals surface area contributed by atoms with Gasteiger partial charge in [-0.3, -0.25) is 4.90 Å². The predicted molar refractivity (Wildman–Crippen MR) is 75.8 cm³/mol. The Morgan fingerprint density at radius 3 is 2.61 bits per heavy atom. The highest BCUT2D eigenvalue weighted by Crippen LogP contribution is 2.28. The lowest BCUT2D eigenvalue weighted by molar-refractivity contribution is 0.185. The highest BCUT2D eigenvalue weighted by molar-refractivity contribution is 4.95. The molecule has 3 heterocycles. The van der Waals surface area contributed by atoms with Crippen molar-refractivity contribution >= 4 is 0 Å². The largest absolute Gasteiger partial charge is 0.312 e. The van der Waals surface area contributed by atoms with E-state index in [2.05, 4.69) is 22.0 Å². The zero-order valence-electron chi connectivity index (χ0n) is 11.9. The molecule has 0 saturated carbocycles. The number of rotatable bonds is 4. The summed E-state index contributed by atoms with van der Waals surface area (Å²) in [6.07, 6.45) is 7.06. The van der Waals surface area contributed by atoms with Gasteiger partial charge in [0.1, 0.15) is 0 Å². The molecule has 3 rings (SSSR count). The summed E-state index contributed by atoms with van der Waals surface area (Å²) in [5.74, 6) is 0.934. The fourth-order valence-electron chi connectivity index (χ4n) is 4.15. The van der Waals surface area contributed by atoms with E-state index in [1.165, 1.54) is 71.4 Å². The van der Waals surface area contributed by atoms with E-state index in [1.54, 1.807) is 0 Å². The van der Waals surface area contributed by atoms with Gasteiger partial charge in [-0.1, -0.05) is 6.92 Å². The van der Waals surface area contributed by atoms with Gasteiger partial charge in [-0.2, -0.15) is 0 Å². The third-order valence-electron chi connectivity index (χ3n) is 5.43. The van der Waals surface area contributed by atoms with Gasteiger partial charge in [0, 0.05) is 18.6 Å². The first-order valence-corrected chi connectivity index (χ1v) is 8.06. The molecule has 0 aromatic heterocycles. The third kappa shape index (κ3) is 2.73. The van der Waals surface area contributed by atoms with Crippen LogP contribution in [0.2, 0.25) is 0 Å². The molecule has 2 atom stereocenters. The molecule has 0 radical (unpaired) electrons. The normalized spacial score (nSPS) is 35.2. The fourth-order valence-corrected chi connectivity index (χ4v) is 4.15. The highest BCUT2D eigenvalue weighted by atomic mass is 15.2. The van der Waals surface area contributed by atoms with Crippen LogP contribution in [-0.4, -0.2) is 61.2 Å². The first-order chi connectivity index (χ1) is 8.86. The number of nitrogens with zero attached hydrogens (tertiary/aromatic N) is 2. The quantitative estimate of drug-likeness (QED) is 0.818. The van der Waals surface area contributed by atoms with Crippen LogP contribution >= 0.6 is 0 Å². The summed E-state index contributed by atoms with van der Waals surface area (Å²) in [6, 6.07) is 1.68. The topological polar surface area (TPSA) is 18.5 Å². The van der Waals surface area contributed by atoms with Crippen LogP contribution in [0, 0.1) is 5.92 Å². The van der Waals surface area contributed by atoms with Gasteiger partial charge in [0.15, 0.2) is 0 Å². The van der Waals surface area contributed by atoms with E-state index >= 15 is 0 Å². The van der Waals surface area contributed by atoms with Gasteiger partial charge in [-0.15, -0.1) is 0 Å². The van der Waals surface area contributed by atoms with Crippen LogP contribution in [-0.2, 0) is 0 Å². The molecular weight excluding hydrogens is 222 g/mol. The molecule has 3 aliphatic rings. The Bertz CT molecular complexity index is 260. The molecule has 3 nitrogen and oxygen atoms in total. The number of hydrogen-bond acceptors (Lipinski definition) is 3. The van der Waals surface area contributed by atoms with Gasteiger partial charge in [0.05, 0.1) is 0 Å². The van der Waals surface area contributed by atoms with Crippen molar-refractivity contribution in [3.63, 3.8) is 0 Å². The minimum atomic E-state index is 0.803. The molecule has 2 unspecified atom stereocenters. The second-order valence-electron chi connectivity index (χ2n) is 6.43. The van der Waals surface area contributed by atoms with E-state index in [9.17, 15) is 0 Å². The lowest BCUT2D eigenvalue weighted by atomic mass is 9.96. The molecule has 3 saturated heterocycles. The van der Waals surface area contributed by atoms with E-state index in [4.69, 9.17) is 0 Å². The van der Waals surface area contributed by atoms with Crippen molar-refractivity contribution in [1.29, 1.82) is 0 Å². The Morgan fingerprint density at radius 1 is 1.00 bits per heavy atom. The van der Waals surface area contributed by atoms with E-state index in [-0.39, 0.29) is 0 Å². The van der Waals surface area contributed by atoms with Gasteiger partial charge >= 0.3 is 0 Å². The van der Waals surface area contributed by atoms with Crippen LogP contribution in [0.25, 0.3) is 0 Å². The smallest absolute Gasteiger partial charge is 0.0250 e. The Hall–Kier alpha value is -0.120. The van der Waals surface area contributed by atoms with Gasteiger partial charge in [0.25, 0.3) is 0 Å². The monoisotopic (exact) mass is 251 g/mol. The maximum atomic E-state index is 3.90. The molecule has 3 heteroatoms. The molecule has 18 heavy (non-hydrogen) atoms. The minimum Gasteiger partial charge on any atom is -0.312 e. The second kappa shape index (κ2) is 5.89. The first kappa shape index (κ1) is 12.9. The van der Waals surface area contributed by atoms with Crippen LogP contribution < -0.4 is 5.32 Å². The Labute approximate surface area is 112 Å². The zero-order chi connectivity index (χ0) is 12.4. The maximum Gasteiger partial charge on any atom is 0.0250 e. The summed E-state index contributed by atoms with van der Waals surface area (Å²) >= 11 is 0. The molecule has 1 N–H and O–H groups in total. The summed E-state index contributed by atoms with van der Waals surface area (Å²) in [4.78, 5) is 5.29. The summed E-state index contributed by atoms with van der Waals surface area (Å²) in [7, 11) is 0. The van der Waals surface area contributed by atoms with Crippen molar-refractivity contribution in [2.45, 2.75) is 51.1 Å². The highest BCUT2D eigenvalue weighted by Gasteiger charge is 2.36. The van der Waals surface area contributed by atoms with Crippen molar-refractivity contribution in [2.75, 3.05) is 39.3 Å². The Kier molecular flexibility index (Phi) is 4.22. The minimum absolute atomic E-state index is 0.803. The Morgan fingerprint density at radius 2 is 1.83 bits per heavy atom. The lowest BCUT2D eigenvalue weighted by Crippen LogP contribution is -2.43. The molecule has 0 aromatic rings. The number of piperidine rings is 1. The van der Waals surface area contributed by atoms with Crippen LogP contribution in [0.4, 0.5) is 0 Å². The molecule has 0 bridgehead atoms. The molecule has 0 spiro atoms. The van der Waals surface area contributed by atoms with Crippen molar-refractivity contribution < 1.29 is 0 Å². The van der Waals surface area contributed by atoms with Crippen LogP contribution in [0.5, 0.6) is 0 Å². The summed E-state index contributed by atoms with van der Waals surface area (Å²) < 4.78 is 0. The summed E-state index contributed by atoms with van der Waals surface area (Å²) in [6.45, 7) is 10.1. The van der Waals surface area contributed by atoms with E-state index in [0.717, 1.165) is 18.0 Å². The molecule has 0 aliphatic carbocycles. The molecule has 3 aliphatic heterocycles. The van der Waals surface area contributed by atoms with Crippen LogP contribution in [0.1, 0.15) is 39.0 Å². The van der Waals surface area contributed by atoms with Crippen molar-refractivity contribution in [3.05, 3.63) is 0 Å². The molecule has 0 amide bonds. The molecular formula is C15H29N3. The first-order valence-electron chi connectivity index (χ1n) is 8.06. The van der Waals surface area contributed by atoms with Crippen molar-refractivity contribution in [1.82, 2.24) is 15.1 Å². The van der Waals surface area contributed by atoms with E-state index < -0.39 is 0 Å². The van der Waals surface area contributed by atoms with Crippen LogP contribution in [0.3, 0.4) is 0 Å². The van der Waals surface area contributed by atoms with Gasteiger partial charge in [-0.25, -0.2) is 0 Å². The van der Waals surface area contributed by atoms with E-state index in [0.29, 0.717) is 0 Å². The fraction of sp³-hybridized carbons (Fsp3) is 1.00. The van der Waals surface area contributed by atoms with Crippen LogP contribution in [0.15, 0.2) is 0 Å². The SMILES string of the molecule is CCN1CCC(CNC2CCN3CCCC23)CC1. The second-order valence-corrected chi connectivity index (χ2v) is 6.43. The van der Waals surface area contributed by atoms with Crippen molar-refractivity contribution in [2.24, 2.45) is 5.92 Å². The Balaban J connectivity index is 1.39. The summed E-state index contributed by atoms with van der Waals surface area (Å²) in [5, 5.41) is 3.90. The van der Waals surface area contributed by atoms with E-state index in [1.807, 2.05) is 0 Å². The number of fused-ring (bicyclic) bond motifs is 1. The predicted octanol–water partition coefficient (Wildman–Crippen LogP) is 1.54. The summed E-state index contributed by atoms with van der Waals surface area (Å²) in [5.41, 5.74) is 0. The molecule has 0 aromatic carbocycles. The number of likely N-dealkylation sites (tertiary alicyclic amines) is 1. The molecule has 3 fully saturated rings. The zero-order valence-corrected chi connectivity index (χ0v) is 11.9. The average Bonchev–Trinajstić information content (AvgIpc) is 3.00.